The third-order valence-electron chi connectivity index (χ3n) is 4.74. The molecule has 0 aromatic carbocycles. The fourth-order valence-corrected chi connectivity index (χ4v) is 3.36. The Hall–Kier alpha value is -1.10. The number of hydrogen-bond acceptors (Lipinski definition) is 3. The zero-order valence-electron chi connectivity index (χ0n) is 11.7. The number of carboxylic acids is 1. The molecule has 2 fully saturated rings. The lowest BCUT2D eigenvalue weighted by atomic mass is 9.74. The van der Waals surface area contributed by atoms with Gasteiger partial charge in [-0.2, -0.15) is 0 Å². The molecule has 2 aliphatic heterocycles. The van der Waals surface area contributed by atoms with Gasteiger partial charge < -0.3 is 15.3 Å². The third-order valence-corrected chi connectivity index (χ3v) is 4.74. The zero-order valence-corrected chi connectivity index (χ0v) is 11.7. The van der Waals surface area contributed by atoms with Crippen LogP contribution in [0.5, 0.6) is 0 Å². The van der Waals surface area contributed by atoms with E-state index in [-0.39, 0.29) is 11.3 Å². The lowest BCUT2D eigenvalue weighted by Gasteiger charge is -2.43. The summed E-state index contributed by atoms with van der Waals surface area (Å²) in [5.74, 6) is -0.781. The largest absolute Gasteiger partial charge is 0.480 e. The van der Waals surface area contributed by atoms with Crippen molar-refractivity contribution >= 4 is 11.9 Å². The molecule has 0 spiro atoms. The highest BCUT2D eigenvalue weighted by atomic mass is 16.4. The number of carbonyl (C=O) groups is 2. The van der Waals surface area contributed by atoms with Crippen LogP contribution in [0.4, 0.5) is 0 Å². The van der Waals surface area contributed by atoms with Gasteiger partial charge in [-0.05, 0) is 51.6 Å². The van der Waals surface area contributed by atoms with Gasteiger partial charge in [0.1, 0.15) is 6.04 Å². The summed E-state index contributed by atoms with van der Waals surface area (Å²) in [7, 11) is 0. The van der Waals surface area contributed by atoms with Gasteiger partial charge in [0.2, 0.25) is 5.91 Å². The molecule has 5 nitrogen and oxygen atoms in total. The standard InChI is InChI=1S/C14H24N2O3/c1-2-14(6-8-15-9-7-14)13(19)16-10-4-3-5-11(16)12(17)18/h11,15H,2-10H2,1H3,(H,17,18). The first-order valence-electron chi connectivity index (χ1n) is 7.35. The molecule has 5 heteroatoms. The van der Waals surface area contributed by atoms with E-state index in [4.69, 9.17) is 0 Å². The van der Waals surface area contributed by atoms with Crippen LogP contribution in [0.3, 0.4) is 0 Å². The Morgan fingerprint density at radius 3 is 2.58 bits per heavy atom. The number of rotatable bonds is 3. The van der Waals surface area contributed by atoms with Gasteiger partial charge in [0, 0.05) is 6.54 Å². The number of piperidine rings is 2. The predicted octanol–water partition coefficient (Wildman–Crippen LogP) is 1.23. The monoisotopic (exact) mass is 268 g/mol. The molecule has 0 radical (unpaired) electrons. The second kappa shape index (κ2) is 5.90. The number of carboxylic acid groups (broad SMARTS) is 1. The molecular weight excluding hydrogens is 244 g/mol. The van der Waals surface area contributed by atoms with Crippen LogP contribution in [-0.4, -0.2) is 47.6 Å². The minimum Gasteiger partial charge on any atom is -0.480 e. The van der Waals surface area contributed by atoms with Crippen molar-refractivity contribution in [2.45, 2.75) is 51.5 Å². The maximum absolute atomic E-state index is 12.9. The van der Waals surface area contributed by atoms with Gasteiger partial charge in [0.05, 0.1) is 5.41 Å². The molecule has 1 unspecified atom stereocenters. The number of aliphatic carboxylic acids is 1. The Balaban J connectivity index is 2.17. The molecule has 0 aromatic rings. The molecule has 2 aliphatic rings. The maximum Gasteiger partial charge on any atom is 0.326 e. The highest BCUT2D eigenvalue weighted by molar-refractivity contribution is 5.87. The van der Waals surface area contributed by atoms with Gasteiger partial charge in [-0.3, -0.25) is 4.79 Å². The highest BCUT2D eigenvalue weighted by Gasteiger charge is 2.44. The molecule has 1 amide bonds. The van der Waals surface area contributed by atoms with Crippen LogP contribution in [0.25, 0.3) is 0 Å². The van der Waals surface area contributed by atoms with E-state index in [2.05, 4.69) is 5.32 Å². The van der Waals surface area contributed by atoms with E-state index in [0.29, 0.717) is 13.0 Å². The highest BCUT2D eigenvalue weighted by Crippen LogP contribution is 2.36. The summed E-state index contributed by atoms with van der Waals surface area (Å²) in [6, 6.07) is -0.612. The molecule has 2 saturated heterocycles. The Morgan fingerprint density at radius 2 is 2.00 bits per heavy atom. The Kier molecular flexibility index (Phi) is 4.45. The SMILES string of the molecule is CCC1(C(=O)N2CCCCC2C(=O)O)CCNCC1. The van der Waals surface area contributed by atoms with Gasteiger partial charge in [-0.1, -0.05) is 6.92 Å². The quantitative estimate of drug-likeness (QED) is 0.808. The van der Waals surface area contributed by atoms with Crippen molar-refractivity contribution in [3.8, 4) is 0 Å². The number of nitrogens with one attached hydrogen (secondary N) is 1. The molecule has 0 saturated carbocycles. The first-order valence-corrected chi connectivity index (χ1v) is 7.35. The summed E-state index contributed by atoms with van der Waals surface area (Å²) >= 11 is 0. The number of carbonyl (C=O) groups excluding carboxylic acids is 1. The predicted molar refractivity (Wildman–Crippen MR) is 71.8 cm³/mol. The van der Waals surface area contributed by atoms with Crippen LogP contribution in [0, 0.1) is 5.41 Å². The summed E-state index contributed by atoms with van der Waals surface area (Å²) in [6.07, 6.45) is 4.88. The molecule has 1 atom stereocenters. The van der Waals surface area contributed by atoms with Crippen LogP contribution >= 0.6 is 0 Å². The smallest absolute Gasteiger partial charge is 0.326 e. The number of likely N-dealkylation sites (tertiary alicyclic amines) is 1. The molecule has 0 aliphatic carbocycles. The molecular formula is C14H24N2O3. The first kappa shape index (κ1) is 14.3. The average molecular weight is 268 g/mol. The molecule has 2 heterocycles. The molecule has 108 valence electrons. The van der Waals surface area contributed by atoms with Gasteiger partial charge >= 0.3 is 5.97 Å². The van der Waals surface area contributed by atoms with E-state index in [1.807, 2.05) is 6.92 Å². The van der Waals surface area contributed by atoms with Crippen LogP contribution in [0.1, 0.15) is 45.4 Å². The molecule has 19 heavy (non-hydrogen) atoms. The van der Waals surface area contributed by atoms with E-state index in [9.17, 15) is 14.7 Å². The lowest BCUT2D eigenvalue weighted by Crippen LogP contribution is -2.55. The third kappa shape index (κ3) is 2.76. The first-order chi connectivity index (χ1) is 9.10. The van der Waals surface area contributed by atoms with Crippen LogP contribution in [-0.2, 0) is 9.59 Å². The number of nitrogens with zero attached hydrogens (tertiary/aromatic N) is 1. The fraction of sp³-hybridized carbons (Fsp3) is 0.857. The molecule has 2 N–H and O–H groups in total. The van der Waals surface area contributed by atoms with Crippen LogP contribution in [0.2, 0.25) is 0 Å². The van der Waals surface area contributed by atoms with Gasteiger partial charge in [0.15, 0.2) is 0 Å². The zero-order chi connectivity index (χ0) is 13.9. The van der Waals surface area contributed by atoms with Crippen molar-refractivity contribution in [1.29, 1.82) is 0 Å². The van der Waals surface area contributed by atoms with Gasteiger partial charge in [-0.15, -0.1) is 0 Å². The molecule has 0 aromatic heterocycles. The Bertz CT molecular complexity index is 351. The second-order valence-electron chi connectivity index (χ2n) is 5.73. The van der Waals surface area contributed by atoms with Gasteiger partial charge in [-0.25, -0.2) is 4.79 Å². The van der Waals surface area contributed by atoms with E-state index < -0.39 is 12.0 Å². The maximum atomic E-state index is 12.9. The summed E-state index contributed by atoms with van der Waals surface area (Å²) < 4.78 is 0. The van der Waals surface area contributed by atoms with E-state index in [0.717, 1.165) is 45.2 Å². The minimum atomic E-state index is -0.853. The van der Waals surface area contributed by atoms with Crippen molar-refractivity contribution in [2.75, 3.05) is 19.6 Å². The van der Waals surface area contributed by atoms with E-state index in [1.54, 1.807) is 4.90 Å². The van der Waals surface area contributed by atoms with Crippen molar-refractivity contribution in [2.24, 2.45) is 5.41 Å². The fourth-order valence-electron chi connectivity index (χ4n) is 3.36. The second-order valence-corrected chi connectivity index (χ2v) is 5.73. The minimum absolute atomic E-state index is 0.0728. The molecule has 0 bridgehead atoms. The Morgan fingerprint density at radius 1 is 1.32 bits per heavy atom. The van der Waals surface area contributed by atoms with E-state index >= 15 is 0 Å². The van der Waals surface area contributed by atoms with Gasteiger partial charge in [0.25, 0.3) is 0 Å². The number of amides is 1. The van der Waals surface area contributed by atoms with E-state index in [1.165, 1.54) is 0 Å². The topological polar surface area (TPSA) is 69.6 Å². The van der Waals surface area contributed by atoms with Crippen molar-refractivity contribution in [3.05, 3.63) is 0 Å². The summed E-state index contributed by atoms with van der Waals surface area (Å²) in [4.78, 5) is 25.8. The lowest BCUT2D eigenvalue weighted by molar-refractivity contribution is -0.158. The summed E-state index contributed by atoms with van der Waals surface area (Å²) in [6.45, 7) is 4.35. The summed E-state index contributed by atoms with van der Waals surface area (Å²) in [5.41, 5.74) is -0.337. The van der Waals surface area contributed by atoms with Crippen LogP contribution in [0.15, 0.2) is 0 Å². The molecule has 2 rings (SSSR count). The van der Waals surface area contributed by atoms with Crippen molar-refractivity contribution < 1.29 is 14.7 Å². The summed E-state index contributed by atoms with van der Waals surface area (Å²) in [5, 5.41) is 12.6. The normalized spacial score (nSPS) is 27.0. The Labute approximate surface area is 114 Å². The van der Waals surface area contributed by atoms with Crippen molar-refractivity contribution in [1.82, 2.24) is 10.2 Å². The van der Waals surface area contributed by atoms with Crippen molar-refractivity contribution in [3.63, 3.8) is 0 Å². The van der Waals surface area contributed by atoms with Crippen LogP contribution < -0.4 is 5.32 Å². The average Bonchev–Trinajstić information content (AvgIpc) is 2.47. The number of hydrogen-bond donors (Lipinski definition) is 2.